The highest BCUT2D eigenvalue weighted by molar-refractivity contribution is 5.81. The number of hydrogen-bond acceptors (Lipinski definition) is 3. The zero-order chi connectivity index (χ0) is 16.7. The van der Waals surface area contributed by atoms with Gasteiger partial charge in [-0.15, -0.1) is 0 Å². The van der Waals surface area contributed by atoms with Crippen molar-refractivity contribution in [2.24, 2.45) is 0 Å². The van der Waals surface area contributed by atoms with Crippen molar-refractivity contribution in [3.05, 3.63) is 29.8 Å². The molecule has 1 aromatic rings. The van der Waals surface area contributed by atoms with Crippen LogP contribution in [-0.4, -0.2) is 55.3 Å². The summed E-state index contributed by atoms with van der Waals surface area (Å²) in [5.74, 6) is 0.310. The summed E-state index contributed by atoms with van der Waals surface area (Å²) < 4.78 is 0. The molecule has 126 valence electrons. The molecule has 0 atom stereocenters. The molecule has 0 bridgehead atoms. The summed E-state index contributed by atoms with van der Waals surface area (Å²) in [5, 5.41) is 3.19. The molecule has 2 amide bonds. The zero-order valence-electron chi connectivity index (χ0n) is 14.2. The van der Waals surface area contributed by atoms with Crippen molar-refractivity contribution in [3.8, 4) is 0 Å². The van der Waals surface area contributed by atoms with Crippen LogP contribution in [-0.2, 0) is 16.0 Å². The minimum Gasteiger partial charge on any atom is -0.376 e. The van der Waals surface area contributed by atoms with Gasteiger partial charge < -0.3 is 15.1 Å². The van der Waals surface area contributed by atoms with Crippen LogP contribution in [0.15, 0.2) is 24.3 Å². The van der Waals surface area contributed by atoms with Gasteiger partial charge in [-0.25, -0.2) is 0 Å². The Bertz CT molecular complexity index is 520. The molecule has 1 aromatic carbocycles. The van der Waals surface area contributed by atoms with Crippen LogP contribution in [0, 0.1) is 0 Å². The number of carbonyl (C=O) groups is 2. The predicted octanol–water partition coefficient (Wildman–Crippen LogP) is 2.13. The van der Waals surface area contributed by atoms with E-state index in [1.54, 1.807) is 19.0 Å². The number of amides is 2. The third-order valence-electron chi connectivity index (χ3n) is 4.23. The molecule has 5 heteroatoms. The van der Waals surface area contributed by atoms with Gasteiger partial charge in [0, 0.05) is 39.3 Å². The molecule has 1 aliphatic rings. The summed E-state index contributed by atoms with van der Waals surface area (Å²) in [6, 6.07) is 7.96. The molecule has 1 N–H and O–H groups in total. The minimum absolute atomic E-state index is 0.138. The third-order valence-corrected chi connectivity index (χ3v) is 4.23. The quantitative estimate of drug-likeness (QED) is 0.874. The maximum atomic E-state index is 12.1. The lowest BCUT2D eigenvalue weighted by atomic mass is 10.1. The summed E-state index contributed by atoms with van der Waals surface area (Å²) in [4.78, 5) is 27.2. The molecule has 23 heavy (non-hydrogen) atoms. The summed E-state index contributed by atoms with van der Waals surface area (Å²) >= 11 is 0. The maximum absolute atomic E-state index is 12.1. The van der Waals surface area contributed by atoms with Gasteiger partial charge in [0.1, 0.15) is 0 Å². The van der Waals surface area contributed by atoms with E-state index in [9.17, 15) is 9.59 Å². The lowest BCUT2D eigenvalue weighted by Crippen LogP contribution is -2.39. The first kappa shape index (κ1) is 17.3. The monoisotopic (exact) mass is 317 g/mol. The largest absolute Gasteiger partial charge is 0.376 e. The normalized spacial score (nSPS) is 14.4. The molecule has 2 rings (SSSR count). The van der Waals surface area contributed by atoms with E-state index in [-0.39, 0.29) is 11.8 Å². The number of hydrogen-bond donors (Lipinski definition) is 1. The van der Waals surface area contributed by atoms with Crippen LogP contribution in [0.4, 0.5) is 5.69 Å². The fourth-order valence-corrected chi connectivity index (χ4v) is 2.70. The van der Waals surface area contributed by atoms with Gasteiger partial charge in [0.05, 0.1) is 6.54 Å². The van der Waals surface area contributed by atoms with Crippen LogP contribution >= 0.6 is 0 Å². The van der Waals surface area contributed by atoms with Crippen LogP contribution in [0.5, 0.6) is 0 Å². The standard InChI is InChI=1S/C18H27N3O2/c1-20(2)17(22)11-8-15-6-9-16(10-7-15)19-14-18(23)21-12-4-3-5-13-21/h6-7,9-10,19H,3-5,8,11-14H2,1-2H3. The highest BCUT2D eigenvalue weighted by Gasteiger charge is 2.15. The van der Waals surface area contributed by atoms with Gasteiger partial charge in [-0.1, -0.05) is 12.1 Å². The Labute approximate surface area is 138 Å². The van der Waals surface area contributed by atoms with E-state index < -0.39 is 0 Å². The van der Waals surface area contributed by atoms with Gasteiger partial charge in [0.15, 0.2) is 0 Å². The minimum atomic E-state index is 0.138. The van der Waals surface area contributed by atoms with Gasteiger partial charge in [-0.05, 0) is 43.4 Å². The number of nitrogens with zero attached hydrogens (tertiary/aromatic N) is 2. The van der Waals surface area contributed by atoms with Crippen molar-refractivity contribution in [2.45, 2.75) is 32.1 Å². The highest BCUT2D eigenvalue weighted by Crippen LogP contribution is 2.12. The van der Waals surface area contributed by atoms with Crippen molar-refractivity contribution in [3.63, 3.8) is 0 Å². The topological polar surface area (TPSA) is 52.7 Å². The lowest BCUT2D eigenvalue weighted by Gasteiger charge is -2.26. The average molecular weight is 317 g/mol. The fourth-order valence-electron chi connectivity index (χ4n) is 2.70. The third kappa shape index (κ3) is 5.58. The molecule has 5 nitrogen and oxygen atoms in total. The molecule has 0 aliphatic carbocycles. The second-order valence-corrected chi connectivity index (χ2v) is 6.28. The second-order valence-electron chi connectivity index (χ2n) is 6.28. The van der Waals surface area contributed by atoms with Crippen molar-refractivity contribution in [1.82, 2.24) is 9.80 Å². The van der Waals surface area contributed by atoms with Crippen molar-refractivity contribution >= 4 is 17.5 Å². The Hall–Kier alpha value is -2.04. The number of likely N-dealkylation sites (tertiary alicyclic amines) is 1. The highest BCUT2D eigenvalue weighted by atomic mass is 16.2. The average Bonchev–Trinajstić information content (AvgIpc) is 2.59. The molecule has 1 fully saturated rings. The molecule has 1 aliphatic heterocycles. The number of piperidine rings is 1. The van der Waals surface area contributed by atoms with Gasteiger partial charge in [-0.2, -0.15) is 0 Å². The Balaban J connectivity index is 1.76. The first-order valence-electron chi connectivity index (χ1n) is 8.37. The number of carbonyl (C=O) groups excluding carboxylic acids is 2. The number of rotatable bonds is 6. The smallest absolute Gasteiger partial charge is 0.241 e. The summed E-state index contributed by atoms with van der Waals surface area (Å²) in [7, 11) is 3.55. The number of nitrogens with one attached hydrogen (secondary N) is 1. The molecule has 0 aromatic heterocycles. The Morgan fingerprint density at radius 1 is 1.09 bits per heavy atom. The molecule has 1 heterocycles. The van der Waals surface area contributed by atoms with Gasteiger partial charge >= 0.3 is 0 Å². The predicted molar refractivity (Wildman–Crippen MR) is 92.4 cm³/mol. The van der Waals surface area contributed by atoms with E-state index in [2.05, 4.69) is 5.32 Å². The maximum Gasteiger partial charge on any atom is 0.241 e. The van der Waals surface area contributed by atoms with Crippen molar-refractivity contribution < 1.29 is 9.59 Å². The van der Waals surface area contributed by atoms with Crippen molar-refractivity contribution in [2.75, 3.05) is 39.0 Å². The van der Waals surface area contributed by atoms with Gasteiger partial charge in [0.2, 0.25) is 11.8 Å². The van der Waals surface area contributed by atoms with Crippen molar-refractivity contribution in [1.29, 1.82) is 0 Å². The molecular weight excluding hydrogens is 290 g/mol. The number of anilines is 1. The van der Waals surface area contributed by atoms with Crippen LogP contribution in [0.1, 0.15) is 31.2 Å². The van der Waals surface area contributed by atoms with E-state index in [1.165, 1.54) is 6.42 Å². The van der Waals surface area contributed by atoms with Gasteiger partial charge in [0.25, 0.3) is 0 Å². The number of aryl methyl sites for hydroxylation is 1. The fraction of sp³-hybridized carbons (Fsp3) is 0.556. The molecule has 0 unspecified atom stereocenters. The Kier molecular flexibility index (Phi) is 6.44. The molecular formula is C18H27N3O2. The molecule has 0 saturated carbocycles. The van der Waals surface area contributed by atoms with E-state index in [0.717, 1.165) is 43.6 Å². The molecule has 0 radical (unpaired) electrons. The Morgan fingerprint density at radius 2 is 1.74 bits per heavy atom. The van der Waals surface area contributed by atoms with Crippen LogP contribution in [0.25, 0.3) is 0 Å². The lowest BCUT2D eigenvalue weighted by molar-refractivity contribution is -0.130. The molecule has 1 saturated heterocycles. The van der Waals surface area contributed by atoms with Crippen LogP contribution in [0.2, 0.25) is 0 Å². The summed E-state index contributed by atoms with van der Waals surface area (Å²) in [6.45, 7) is 2.12. The van der Waals surface area contributed by atoms with E-state index in [0.29, 0.717) is 13.0 Å². The summed E-state index contributed by atoms with van der Waals surface area (Å²) in [5.41, 5.74) is 2.08. The first-order valence-corrected chi connectivity index (χ1v) is 8.37. The molecule has 0 spiro atoms. The number of benzene rings is 1. The SMILES string of the molecule is CN(C)C(=O)CCc1ccc(NCC(=O)N2CCCCC2)cc1. The van der Waals surface area contributed by atoms with Crippen LogP contribution in [0.3, 0.4) is 0 Å². The summed E-state index contributed by atoms with van der Waals surface area (Å²) in [6.07, 6.45) is 4.73. The van der Waals surface area contributed by atoms with E-state index in [1.807, 2.05) is 29.2 Å². The van der Waals surface area contributed by atoms with E-state index in [4.69, 9.17) is 0 Å². The second kappa shape index (κ2) is 8.56. The zero-order valence-corrected chi connectivity index (χ0v) is 14.2. The Morgan fingerprint density at radius 3 is 2.35 bits per heavy atom. The first-order chi connectivity index (χ1) is 11.1. The van der Waals surface area contributed by atoms with Crippen LogP contribution < -0.4 is 5.32 Å². The van der Waals surface area contributed by atoms with E-state index >= 15 is 0 Å². The van der Waals surface area contributed by atoms with Gasteiger partial charge in [-0.3, -0.25) is 9.59 Å².